The monoisotopic (exact) mass is 347 g/mol. The molecule has 1 aliphatic heterocycles. The van der Waals surface area contributed by atoms with Crippen molar-refractivity contribution in [2.45, 2.75) is 25.3 Å². The van der Waals surface area contributed by atoms with Crippen LogP contribution in [0.5, 0.6) is 0 Å². The summed E-state index contributed by atoms with van der Waals surface area (Å²) >= 11 is 0. The van der Waals surface area contributed by atoms with E-state index in [0.717, 1.165) is 43.9 Å². The molecule has 1 fully saturated rings. The molecule has 3 nitrogen and oxygen atoms in total. The number of aromatic nitrogens is 2. The second-order valence-corrected chi connectivity index (χ2v) is 6.82. The molecule has 3 heterocycles. The van der Waals surface area contributed by atoms with E-state index < -0.39 is 0 Å². The Labute approximate surface area is 153 Å². The smallest absolute Gasteiger partial charge is 0.132 e. The number of rotatable bonds is 4. The zero-order valence-corrected chi connectivity index (χ0v) is 14.7. The summed E-state index contributed by atoms with van der Waals surface area (Å²) in [6.07, 6.45) is 4.10. The van der Waals surface area contributed by atoms with Crippen LogP contribution in [-0.2, 0) is 6.54 Å². The number of hydrogen-bond donors (Lipinski definition) is 0. The zero-order chi connectivity index (χ0) is 17.8. The molecule has 0 aliphatic carbocycles. The van der Waals surface area contributed by atoms with Gasteiger partial charge in [-0.25, -0.2) is 4.39 Å². The Morgan fingerprint density at radius 1 is 1.00 bits per heavy atom. The summed E-state index contributed by atoms with van der Waals surface area (Å²) in [5, 5.41) is 0. The molecule has 2 aromatic heterocycles. The summed E-state index contributed by atoms with van der Waals surface area (Å²) in [6.45, 7) is 2.91. The van der Waals surface area contributed by atoms with Crippen molar-refractivity contribution in [3.05, 3.63) is 84.1 Å². The molecule has 0 unspecified atom stereocenters. The van der Waals surface area contributed by atoms with Crippen LogP contribution in [-0.4, -0.2) is 28.0 Å². The normalized spacial score (nSPS) is 18.0. The Balaban J connectivity index is 1.52. The molecule has 0 N–H and O–H groups in total. The molecule has 1 saturated heterocycles. The van der Waals surface area contributed by atoms with E-state index in [1.165, 1.54) is 6.07 Å². The number of nitrogens with zero attached hydrogens (tertiary/aromatic N) is 3. The van der Waals surface area contributed by atoms with Crippen molar-refractivity contribution < 1.29 is 4.39 Å². The van der Waals surface area contributed by atoms with Gasteiger partial charge in [0.05, 0.1) is 11.4 Å². The molecule has 26 heavy (non-hydrogen) atoms. The largest absolute Gasteiger partial charge is 0.297 e. The predicted octanol–water partition coefficient (Wildman–Crippen LogP) is 4.66. The first-order valence-electron chi connectivity index (χ1n) is 9.14. The highest BCUT2D eigenvalue weighted by atomic mass is 19.1. The van der Waals surface area contributed by atoms with Crippen molar-refractivity contribution in [1.82, 2.24) is 14.9 Å². The zero-order valence-electron chi connectivity index (χ0n) is 14.7. The minimum atomic E-state index is -0.224. The highest BCUT2D eigenvalue weighted by molar-refractivity contribution is 5.59. The topological polar surface area (TPSA) is 29.0 Å². The maximum absolute atomic E-state index is 14.1. The minimum Gasteiger partial charge on any atom is -0.297 e. The van der Waals surface area contributed by atoms with Crippen LogP contribution in [0.15, 0.2) is 66.9 Å². The van der Waals surface area contributed by atoms with Crippen molar-refractivity contribution in [3.8, 4) is 11.3 Å². The second kappa shape index (κ2) is 7.75. The lowest BCUT2D eigenvalue weighted by Crippen LogP contribution is -2.34. The van der Waals surface area contributed by atoms with E-state index in [0.29, 0.717) is 17.2 Å². The molecule has 0 saturated carbocycles. The van der Waals surface area contributed by atoms with E-state index >= 15 is 0 Å². The fourth-order valence-corrected chi connectivity index (χ4v) is 3.66. The summed E-state index contributed by atoms with van der Waals surface area (Å²) in [5.41, 5.74) is 3.43. The fraction of sp³-hybridized carbons (Fsp3) is 0.273. The van der Waals surface area contributed by atoms with Crippen LogP contribution in [0.25, 0.3) is 11.3 Å². The van der Waals surface area contributed by atoms with E-state index in [1.807, 2.05) is 36.5 Å². The van der Waals surface area contributed by atoms with Crippen LogP contribution < -0.4 is 0 Å². The maximum atomic E-state index is 14.1. The van der Waals surface area contributed by atoms with E-state index in [4.69, 9.17) is 4.98 Å². The summed E-state index contributed by atoms with van der Waals surface area (Å²) in [7, 11) is 0. The summed E-state index contributed by atoms with van der Waals surface area (Å²) < 4.78 is 14.1. The van der Waals surface area contributed by atoms with Gasteiger partial charge in [0.2, 0.25) is 0 Å². The van der Waals surface area contributed by atoms with Gasteiger partial charge in [-0.1, -0.05) is 24.3 Å². The van der Waals surface area contributed by atoms with Gasteiger partial charge in [0.1, 0.15) is 5.82 Å². The average molecular weight is 347 g/mol. The number of likely N-dealkylation sites (tertiary alicyclic amines) is 1. The lowest BCUT2D eigenvalue weighted by atomic mass is 9.93. The predicted molar refractivity (Wildman–Crippen MR) is 101 cm³/mol. The van der Waals surface area contributed by atoms with E-state index in [2.05, 4.69) is 22.0 Å². The Morgan fingerprint density at radius 2 is 1.88 bits per heavy atom. The molecule has 3 aromatic rings. The first kappa shape index (κ1) is 16.9. The van der Waals surface area contributed by atoms with Crippen molar-refractivity contribution >= 4 is 0 Å². The summed E-state index contributed by atoms with van der Waals surface area (Å²) in [4.78, 5) is 11.7. The summed E-state index contributed by atoms with van der Waals surface area (Å²) in [5.74, 6) is 0.150. The standard InChI is InChI=1S/C22H22FN3/c23-20-10-2-1-9-19(20)22-12-5-11-21(25-22)17-7-6-14-26(15-17)16-18-8-3-4-13-24-18/h1-5,8-13,17H,6-7,14-16H2/t17-/m0/s1. The van der Waals surface area contributed by atoms with Crippen LogP contribution in [0.1, 0.15) is 30.1 Å². The van der Waals surface area contributed by atoms with Crippen molar-refractivity contribution in [2.24, 2.45) is 0 Å². The molecular formula is C22H22FN3. The quantitative estimate of drug-likeness (QED) is 0.687. The maximum Gasteiger partial charge on any atom is 0.132 e. The average Bonchev–Trinajstić information content (AvgIpc) is 2.69. The van der Waals surface area contributed by atoms with Gasteiger partial charge in [-0.05, 0) is 55.8 Å². The number of hydrogen-bond acceptors (Lipinski definition) is 3. The van der Waals surface area contributed by atoms with Crippen LogP contribution in [0.4, 0.5) is 4.39 Å². The SMILES string of the molecule is Fc1ccccc1-c1cccc([C@H]2CCCN(Cc3ccccn3)C2)n1. The molecule has 4 rings (SSSR count). The van der Waals surface area contributed by atoms with Gasteiger partial charge in [0.25, 0.3) is 0 Å². The van der Waals surface area contributed by atoms with Gasteiger partial charge >= 0.3 is 0 Å². The Morgan fingerprint density at radius 3 is 2.73 bits per heavy atom. The third-order valence-corrected chi connectivity index (χ3v) is 4.96. The van der Waals surface area contributed by atoms with Crippen LogP contribution in [0.3, 0.4) is 0 Å². The molecular weight excluding hydrogens is 325 g/mol. The highest BCUT2D eigenvalue weighted by Crippen LogP contribution is 2.29. The number of piperidine rings is 1. The Hall–Kier alpha value is -2.59. The molecule has 0 bridgehead atoms. The van der Waals surface area contributed by atoms with Crippen molar-refractivity contribution in [2.75, 3.05) is 13.1 Å². The first-order chi connectivity index (χ1) is 12.8. The van der Waals surface area contributed by atoms with Gasteiger partial charge in [-0.2, -0.15) is 0 Å². The third kappa shape index (κ3) is 3.81. The highest BCUT2D eigenvalue weighted by Gasteiger charge is 2.23. The Bertz CT molecular complexity index is 866. The van der Waals surface area contributed by atoms with E-state index in [9.17, 15) is 4.39 Å². The lowest BCUT2D eigenvalue weighted by Gasteiger charge is -2.32. The van der Waals surface area contributed by atoms with Gasteiger partial charge in [-0.3, -0.25) is 14.9 Å². The first-order valence-corrected chi connectivity index (χ1v) is 9.14. The summed E-state index contributed by atoms with van der Waals surface area (Å²) in [6, 6.07) is 18.8. The molecule has 1 aliphatic rings. The number of halogens is 1. The van der Waals surface area contributed by atoms with Crippen molar-refractivity contribution in [3.63, 3.8) is 0 Å². The second-order valence-electron chi connectivity index (χ2n) is 6.82. The number of benzene rings is 1. The Kier molecular flexibility index (Phi) is 5.02. The molecule has 4 heteroatoms. The molecule has 0 amide bonds. The molecule has 1 atom stereocenters. The molecule has 1 aromatic carbocycles. The molecule has 132 valence electrons. The number of pyridine rings is 2. The third-order valence-electron chi connectivity index (χ3n) is 4.96. The van der Waals surface area contributed by atoms with Gasteiger partial charge in [0, 0.05) is 36.5 Å². The minimum absolute atomic E-state index is 0.224. The fourth-order valence-electron chi connectivity index (χ4n) is 3.66. The van der Waals surface area contributed by atoms with Crippen LogP contribution in [0, 0.1) is 5.82 Å². The van der Waals surface area contributed by atoms with Crippen molar-refractivity contribution in [1.29, 1.82) is 0 Å². The van der Waals surface area contributed by atoms with Crippen LogP contribution in [0.2, 0.25) is 0 Å². The van der Waals surface area contributed by atoms with Gasteiger partial charge in [0.15, 0.2) is 0 Å². The molecule has 0 radical (unpaired) electrons. The van der Waals surface area contributed by atoms with E-state index in [-0.39, 0.29) is 5.82 Å². The van der Waals surface area contributed by atoms with Crippen LogP contribution >= 0.6 is 0 Å². The molecule has 0 spiro atoms. The van der Waals surface area contributed by atoms with Gasteiger partial charge in [-0.15, -0.1) is 0 Å². The van der Waals surface area contributed by atoms with Gasteiger partial charge < -0.3 is 0 Å². The van der Waals surface area contributed by atoms with E-state index in [1.54, 1.807) is 12.1 Å². The lowest BCUT2D eigenvalue weighted by molar-refractivity contribution is 0.196.